The molecule has 1 aliphatic carbocycles. The van der Waals surface area contributed by atoms with Gasteiger partial charge < -0.3 is 25.2 Å². The number of nitrogens with zero attached hydrogens (tertiary/aromatic N) is 5. The van der Waals surface area contributed by atoms with Crippen molar-refractivity contribution in [1.29, 1.82) is 0 Å². The number of nitrogens with one attached hydrogen (secondary N) is 1. The molecule has 1 aromatic heterocycles. The van der Waals surface area contributed by atoms with Crippen molar-refractivity contribution in [3.05, 3.63) is 75.5 Å². The second-order valence-corrected chi connectivity index (χ2v) is 16.7. The molecule has 0 bridgehead atoms. The highest BCUT2D eigenvalue weighted by Gasteiger charge is 2.38. The first-order valence-corrected chi connectivity index (χ1v) is 21.2. The van der Waals surface area contributed by atoms with E-state index in [2.05, 4.69) is 35.9 Å². The van der Waals surface area contributed by atoms with Gasteiger partial charge in [0.2, 0.25) is 11.8 Å². The predicted molar refractivity (Wildman–Crippen MR) is 219 cm³/mol. The minimum Gasteiger partial charge on any atom is -0.372 e. The van der Waals surface area contributed by atoms with E-state index >= 15 is 0 Å². The van der Waals surface area contributed by atoms with Crippen molar-refractivity contribution in [1.82, 2.24) is 29.8 Å². The summed E-state index contributed by atoms with van der Waals surface area (Å²) in [5.41, 5.74) is 7.20. The highest BCUT2D eigenvalue weighted by molar-refractivity contribution is 5.95. The lowest BCUT2D eigenvalue weighted by Crippen LogP contribution is -2.55. The molecule has 4 heterocycles. The molecule has 1 saturated carbocycles. The zero-order valence-corrected chi connectivity index (χ0v) is 34.1. The van der Waals surface area contributed by atoms with Crippen molar-refractivity contribution < 1.29 is 23.5 Å². The lowest BCUT2D eigenvalue weighted by molar-refractivity contribution is -0.149. The zero-order valence-electron chi connectivity index (χ0n) is 34.1. The van der Waals surface area contributed by atoms with Crippen molar-refractivity contribution in [2.75, 3.05) is 58.9 Å². The van der Waals surface area contributed by atoms with Crippen LogP contribution in [0.15, 0.2) is 47.3 Å². The number of rotatable bonds is 9. The maximum absolute atomic E-state index is 15.0. The van der Waals surface area contributed by atoms with Crippen LogP contribution in [0.5, 0.6) is 0 Å². The topological polar surface area (TPSA) is 145 Å². The molecule has 310 valence electrons. The largest absolute Gasteiger partial charge is 0.372 e. The van der Waals surface area contributed by atoms with Gasteiger partial charge in [-0.25, -0.2) is 9.49 Å². The quantitative estimate of drug-likeness (QED) is 0.304. The highest BCUT2D eigenvalue weighted by atomic mass is 19.1. The summed E-state index contributed by atoms with van der Waals surface area (Å²) in [4.78, 5) is 59.6. The molecule has 3 aliphatic heterocycles. The average Bonchev–Trinajstić information content (AvgIpc) is 3.23. The third-order valence-corrected chi connectivity index (χ3v) is 12.2. The van der Waals surface area contributed by atoms with Gasteiger partial charge in [0.05, 0.1) is 40.9 Å². The third-order valence-electron chi connectivity index (χ3n) is 12.2. The smallest absolute Gasteiger partial charge is 0.272 e. The molecule has 4 fully saturated rings. The number of carbonyl (C=O) groups excluding carboxylic acids is 3. The second kappa shape index (κ2) is 19.5. The number of H-pyrrole nitrogens is 1. The fourth-order valence-electron chi connectivity index (χ4n) is 8.78. The summed E-state index contributed by atoms with van der Waals surface area (Å²) >= 11 is 0. The molecule has 3 aromatic rings. The van der Waals surface area contributed by atoms with Gasteiger partial charge in [-0.15, -0.1) is 0 Å². The zero-order chi connectivity index (χ0) is 40.5. The van der Waals surface area contributed by atoms with E-state index in [0.717, 1.165) is 51.6 Å². The van der Waals surface area contributed by atoms with E-state index in [9.17, 15) is 23.6 Å². The molecular formula is C44H62FN7O5. The first-order chi connectivity index (χ1) is 27.5. The van der Waals surface area contributed by atoms with Gasteiger partial charge in [-0.2, -0.15) is 5.10 Å². The molecule has 0 radical (unpaired) electrons. The predicted octanol–water partition coefficient (Wildman–Crippen LogP) is 5.12. The number of halogens is 1. The number of benzene rings is 2. The molecular weight excluding hydrogens is 726 g/mol. The fraction of sp³-hybridized carbons (Fsp3) is 0.614. The van der Waals surface area contributed by atoms with Crippen LogP contribution in [-0.4, -0.2) is 124 Å². The molecule has 4 aliphatic rings. The summed E-state index contributed by atoms with van der Waals surface area (Å²) in [6.45, 7) is 11.1. The van der Waals surface area contributed by atoms with Crippen molar-refractivity contribution in [3.63, 3.8) is 0 Å². The Hall–Kier alpha value is -4.20. The minimum absolute atomic E-state index is 0.0159. The average molecular weight is 788 g/mol. The molecule has 2 aromatic carbocycles. The van der Waals surface area contributed by atoms with Crippen LogP contribution in [0.3, 0.4) is 0 Å². The number of piperazine rings is 1. The van der Waals surface area contributed by atoms with Crippen LogP contribution in [0.2, 0.25) is 0 Å². The van der Waals surface area contributed by atoms with E-state index in [1.807, 2.05) is 17.0 Å². The lowest BCUT2D eigenvalue weighted by Gasteiger charge is -2.44. The Kier molecular flexibility index (Phi) is 14.5. The Morgan fingerprint density at radius 1 is 0.877 bits per heavy atom. The molecule has 57 heavy (non-hydrogen) atoms. The number of likely N-dealkylation sites (tertiary alicyclic amines) is 2. The summed E-state index contributed by atoms with van der Waals surface area (Å²) in [6, 6.07) is 11.3. The molecule has 3 N–H and O–H groups in total. The molecule has 3 amide bonds. The highest BCUT2D eigenvalue weighted by Crippen LogP contribution is 2.32. The minimum atomic E-state index is -0.599. The molecule has 0 spiro atoms. The SMILES string of the molecule is CC1(OC2CCN(CC(=O)N3CCN(C(=O)c4cc(Cc5n[nH]c(=O)c6ccccc56)ccc4F)CC3)CC2)CCN(C(=O)C(N)C2CCCCC2)CC1.CCC. The van der Waals surface area contributed by atoms with Crippen LogP contribution in [0, 0.1) is 11.7 Å². The maximum atomic E-state index is 15.0. The van der Waals surface area contributed by atoms with Gasteiger partial charge in [0.25, 0.3) is 11.5 Å². The molecule has 3 saturated heterocycles. The summed E-state index contributed by atoms with van der Waals surface area (Å²) in [7, 11) is 0. The first kappa shape index (κ1) is 42.4. The van der Waals surface area contributed by atoms with Gasteiger partial charge in [-0.1, -0.05) is 63.8 Å². The van der Waals surface area contributed by atoms with Crippen LogP contribution in [-0.2, 0) is 20.7 Å². The van der Waals surface area contributed by atoms with E-state index in [1.54, 1.807) is 34.1 Å². The van der Waals surface area contributed by atoms with Gasteiger partial charge in [0.1, 0.15) is 5.82 Å². The Labute approximate surface area is 336 Å². The van der Waals surface area contributed by atoms with E-state index in [4.69, 9.17) is 10.5 Å². The molecule has 13 heteroatoms. The van der Waals surface area contributed by atoms with Gasteiger partial charge in [-0.3, -0.25) is 24.1 Å². The van der Waals surface area contributed by atoms with Gasteiger partial charge in [0, 0.05) is 64.2 Å². The van der Waals surface area contributed by atoms with E-state index in [-0.39, 0.29) is 40.7 Å². The summed E-state index contributed by atoms with van der Waals surface area (Å²) in [6.07, 6.45) is 10.7. The number of carbonyl (C=O) groups is 3. The maximum Gasteiger partial charge on any atom is 0.272 e. The summed E-state index contributed by atoms with van der Waals surface area (Å²) < 4.78 is 21.6. The molecule has 1 unspecified atom stereocenters. The molecule has 7 rings (SSSR count). The fourth-order valence-corrected chi connectivity index (χ4v) is 8.78. The normalized spacial score (nSPS) is 20.2. The van der Waals surface area contributed by atoms with Crippen molar-refractivity contribution >= 4 is 28.5 Å². The number of hydrogen-bond donors (Lipinski definition) is 2. The Bertz CT molecular complexity index is 1890. The number of amides is 3. The number of ether oxygens (including phenoxy) is 1. The number of aromatic amines is 1. The van der Waals surface area contributed by atoms with E-state index in [0.29, 0.717) is 80.2 Å². The van der Waals surface area contributed by atoms with Gasteiger partial charge >= 0.3 is 0 Å². The third kappa shape index (κ3) is 10.7. The lowest BCUT2D eigenvalue weighted by atomic mass is 9.83. The second-order valence-electron chi connectivity index (χ2n) is 16.7. The number of hydrogen-bond acceptors (Lipinski definition) is 8. The van der Waals surface area contributed by atoms with Gasteiger partial charge in [-0.05, 0) is 75.1 Å². The van der Waals surface area contributed by atoms with Crippen molar-refractivity contribution in [2.45, 2.75) is 109 Å². The first-order valence-electron chi connectivity index (χ1n) is 21.2. The van der Waals surface area contributed by atoms with Crippen LogP contribution >= 0.6 is 0 Å². The van der Waals surface area contributed by atoms with E-state index in [1.165, 1.54) is 31.7 Å². The standard InChI is InChI=1S/C41H54FN7O5.C3H8/c1-41(15-19-48(20-16-41)40(53)37(43)29-7-3-2-4-8-29)54-30-13-17-46(18-14-30)27-36(50)47-21-23-49(24-22-47)39(52)33-25-28(11-12-34(33)42)26-35-31-9-5-6-10-32(31)38(51)45-44-35;1-3-2/h5-6,9-12,25,29-30,37H,2-4,7-8,13-24,26-27,43H2,1H3,(H,45,51);3H2,1-2H3. The van der Waals surface area contributed by atoms with E-state index < -0.39 is 11.7 Å². The Morgan fingerprint density at radius 3 is 2.18 bits per heavy atom. The summed E-state index contributed by atoms with van der Waals surface area (Å²) in [5.74, 6) is -0.564. The Balaban J connectivity index is 0.00000177. The number of piperidine rings is 2. The summed E-state index contributed by atoms with van der Waals surface area (Å²) in [5, 5.41) is 7.98. The van der Waals surface area contributed by atoms with Crippen LogP contribution in [0.25, 0.3) is 10.8 Å². The van der Waals surface area contributed by atoms with Crippen LogP contribution in [0.1, 0.15) is 107 Å². The van der Waals surface area contributed by atoms with Crippen LogP contribution < -0.4 is 11.3 Å². The van der Waals surface area contributed by atoms with Crippen LogP contribution in [0.4, 0.5) is 4.39 Å². The number of fused-ring (bicyclic) bond motifs is 1. The monoisotopic (exact) mass is 787 g/mol. The number of aromatic nitrogens is 2. The molecule has 12 nitrogen and oxygen atoms in total. The van der Waals surface area contributed by atoms with Gasteiger partial charge in [0.15, 0.2) is 0 Å². The number of nitrogens with two attached hydrogens (primary N) is 1. The molecule has 1 atom stereocenters. The Morgan fingerprint density at radius 2 is 1.51 bits per heavy atom. The van der Waals surface area contributed by atoms with Crippen molar-refractivity contribution in [2.24, 2.45) is 11.7 Å². The van der Waals surface area contributed by atoms with Crippen molar-refractivity contribution in [3.8, 4) is 0 Å².